The molecule has 2 aromatic rings. The van der Waals surface area contributed by atoms with Crippen LogP contribution in [0.3, 0.4) is 0 Å². The van der Waals surface area contributed by atoms with Crippen molar-refractivity contribution in [3.63, 3.8) is 0 Å². The fourth-order valence-corrected chi connectivity index (χ4v) is 2.25. The molecule has 21 heavy (non-hydrogen) atoms. The van der Waals surface area contributed by atoms with Gasteiger partial charge >= 0.3 is 0 Å². The van der Waals surface area contributed by atoms with Crippen molar-refractivity contribution >= 4 is 23.5 Å². The minimum absolute atomic E-state index is 0.273. The van der Waals surface area contributed by atoms with Crippen molar-refractivity contribution in [3.8, 4) is 0 Å². The van der Waals surface area contributed by atoms with Crippen molar-refractivity contribution in [1.29, 1.82) is 0 Å². The summed E-state index contributed by atoms with van der Waals surface area (Å²) in [5.41, 5.74) is 0.733. The van der Waals surface area contributed by atoms with Crippen molar-refractivity contribution in [1.82, 2.24) is 15.0 Å². The molecule has 0 amide bonds. The van der Waals surface area contributed by atoms with Gasteiger partial charge in [-0.15, -0.1) is 0 Å². The summed E-state index contributed by atoms with van der Waals surface area (Å²) in [5.74, 6) is 1.35. The zero-order valence-electron chi connectivity index (χ0n) is 11.8. The van der Waals surface area contributed by atoms with Crippen LogP contribution in [0.2, 0.25) is 0 Å². The quantitative estimate of drug-likeness (QED) is 0.900. The Bertz CT molecular complexity index is 609. The largest absolute Gasteiger partial charge is 0.357 e. The van der Waals surface area contributed by atoms with E-state index in [0.717, 1.165) is 31.6 Å². The first-order valence-electron chi connectivity index (χ1n) is 6.96. The lowest BCUT2D eigenvalue weighted by molar-refractivity contribution is 0.628. The zero-order valence-corrected chi connectivity index (χ0v) is 11.8. The number of anilines is 4. The van der Waals surface area contributed by atoms with Gasteiger partial charge in [0.25, 0.3) is 0 Å². The second-order valence-electron chi connectivity index (χ2n) is 4.86. The number of nitrogens with one attached hydrogen (secondary N) is 2. The van der Waals surface area contributed by atoms with E-state index in [1.54, 1.807) is 19.2 Å². The number of hydrogen-bond donors (Lipinski definition) is 2. The van der Waals surface area contributed by atoms with Crippen LogP contribution in [-0.2, 0) is 0 Å². The predicted octanol–water partition coefficient (Wildman–Crippen LogP) is 2.40. The van der Waals surface area contributed by atoms with E-state index in [2.05, 4.69) is 30.5 Å². The van der Waals surface area contributed by atoms with E-state index in [1.807, 2.05) is 0 Å². The highest BCUT2D eigenvalue weighted by molar-refractivity contribution is 5.55. The van der Waals surface area contributed by atoms with E-state index in [1.165, 1.54) is 12.1 Å². The van der Waals surface area contributed by atoms with Crippen LogP contribution in [0.25, 0.3) is 0 Å². The third kappa shape index (κ3) is 3.18. The number of rotatable bonds is 4. The van der Waals surface area contributed by atoms with Gasteiger partial charge in [0.05, 0.1) is 0 Å². The number of benzene rings is 1. The van der Waals surface area contributed by atoms with E-state index >= 15 is 0 Å². The van der Waals surface area contributed by atoms with Crippen molar-refractivity contribution < 1.29 is 4.39 Å². The normalized spacial score (nSPS) is 14.3. The van der Waals surface area contributed by atoms with Gasteiger partial charge in [0, 0.05) is 25.8 Å². The summed E-state index contributed by atoms with van der Waals surface area (Å²) in [7, 11) is 1.77. The van der Waals surface area contributed by atoms with Gasteiger partial charge in [0.15, 0.2) is 0 Å². The summed E-state index contributed by atoms with van der Waals surface area (Å²) in [6, 6.07) is 6.08. The summed E-state index contributed by atoms with van der Waals surface area (Å²) < 4.78 is 12.9. The van der Waals surface area contributed by atoms with Gasteiger partial charge in [-0.3, -0.25) is 0 Å². The lowest BCUT2D eigenvalue weighted by Gasteiger charge is -2.16. The molecule has 0 aliphatic carbocycles. The molecule has 1 saturated heterocycles. The standard InChI is InChI=1S/C14H17FN6/c1-16-12-18-13(17-11-6-4-10(15)5-7-11)20-14(19-12)21-8-2-3-9-21/h4-7H,2-3,8-9H2,1H3,(H2,16,17,18,19,20). The van der Waals surface area contributed by atoms with Crippen LogP contribution in [0.1, 0.15) is 12.8 Å². The molecule has 0 bridgehead atoms. The molecule has 0 saturated carbocycles. The van der Waals surface area contributed by atoms with E-state index in [-0.39, 0.29) is 5.82 Å². The Hall–Kier alpha value is -2.44. The second kappa shape index (κ2) is 5.90. The molecule has 1 aromatic heterocycles. The summed E-state index contributed by atoms with van der Waals surface area (Å²) in [6.45, 7) is 1.92. The maximum atomic E-state index is 12.9. The molecule has 0 radical (unpaired) electrons. The van der Waals surface area contributed by atoms with Gasteiger partial charge in [-0.25, -0.2) is 4.39 Å². The SMILES string of the molecule is CNc1nc(Nc2ccc(F)cc2)nc(N2CCCC2)n1. The van der Waals surface area contributed by atoms with Crippen molar-refractivity contribution in [2.45, 2.75) is 12.8 Å². The number of aromatic nitrogens is 3. The van der Waals surface area contributed by atoms with Gasteiger partial charge in [-0.05, 0) is 37.1 Å². The maximum absolute atomic E-state index is 12.9. The molecule has 1 aliphatic rings. The highest BCUT2D eigenvalue weighted by Gasteiger charge is 2.17. The Morgan fingerprint density at radius 2 is 1.67 bits per heavy atom. The van der Waals surface area contributed by atoms with Gasteiger partial charge in [0.2, 0.25) is 17.8 Å². The number of nitrogens with zero attached hydrogens (tertiary/aromatic N) is 4. The summed E-state index contributed by atoms with van der Waals surface area (Å²) in [6.07, 6.45) is 2.31. The molecule has 7 heteroatoms. The molecule has 2 N–H and O–H groups in total. The van der Waals surface area contributed by atoms with Crippen LogP contribution in [0.5, 0.6) is 0 Å². The van der Waals surface area contributed by atoms with Gasteiger partial charge in [-0.1, -0.05) is 0 Å². The molecular formula is C14H17FN6. The minimum Gasteiger partial charge on any atom is -0.357 e. The molecule has 0 unspecified atom stereocenters. The third-order valence-corrected chi connectivity index (χ3v) is 3.34. The molecule has 2 heterocycles. The van der Waals surface area contributed by atoms with E-state index in [0.29, 0.717) is 17.8 Å². The monoisotopic (exact) mass is 288 g/mol. The van der Waals surface area contributed by atoms with Crippen LogP contribution in [0, 0.1) is 5.82 Å². The Labute approximate surface area is 122 Å². The van der Waals surface area contributed by atoms with Crippen LogP contribution in [-0.4, -0.2) is 35.1 Å². The topological polar surface area (TPSA) is 66.0 Å². The molecule has 1 fully saturated rings. The Balaban J connectivity index is 1.86. The molecule has 1 aliphatic heterocycles. The zero-order chi connectivity index (χ0) is 14.7. The van der Waals surface area contributed by atoms with E-state index in [9.17, 15) is 4.39 Å². The Morgan fingerprint density at radius 3 is 2.33 bits per heavy atom. The fraction of sp³-hybridized carbons (Fsp3) is 0.357. The first-order valence-corrected chi connectivity index (χ1v) is 6.96. The summed E-state index contributed by atoms with van der Waals surface area (Å²) in [5, 5.41) is 6.01. The lowest BCUT2D eigenvalue weighted by Crippen LogP contribution is -2.21. The predicted molar refractivity (Wildman–Crippen MR) is 80.5 cm³/mol. The molecule has 6 nitrogen and oxygen atoms in total. The molecular weight excluding hydrogens is 271 g/mol. The average molecular weight is 288 g/mol. The van der Waals surface area contributed by atoms with Gasteiger partial charge in [0.1, 0.15) is 5.82 Å². The van der Waals surface area contributed by atoms with Crippen molar-refractivity contribution in [2.75, 3.05) is 35.7 Å². The van der Waals surface area contributed by atoms with E-state index in [4.69, 9.17) is 0 Å². The summed E-state index contributed by atoms with van der Waals surface area (Å²) >= 11 is 0. The van der Waals surface area contributed by atoms with Gasteiger partial charge < -0.3 is 15.5 Å². The molecule has 0 atom stereocenters. The van der Waals surface area contributed by atoms with Gasteiger partial charge in [-0.2, -0.15) is 15.0 Å². The number of hydrogen-bond acceptors (Lipinski definition) is 6. The Kier molecular flexibility index (Phi) is 3.81. The minimum atomic E-state index is -0.273. The maximum Gasteiger partial charge on any atom is 0.233 e. The summed E-state index contributed by atoms with van der Waals surface area (Å²) in [4.78, 5) is 15.2. The molecule has 0 spiro atoms. The van der Waals surface area contributed by atoms with Crippen LogP contribution in [0.4, 0.5) is 27.9 Å². The lowest BCUT2D eigenvalue weighted by atomic mass is 10.3. The van der Waals surface area contributed by atoms with Crippen LogP contribution in [0.15, 0.2) is 24.3 Å². The number of halogens is 1. The second-order valence-corrected chi connectivity index (χ2v) is 4.86. The molecule has 110 valence electrons. The third-order valence-electron chi connectivity index (χ3n) is 3.34. The average Bonchev–Trinajstić information content (AvgIpc) is 3.04. The van der Waals surface area contributed by atoms with Crippen LogP contribution >= 0.6 is 0 Å². The first-order chi connectivity index (χ1) is 10.2. The highest BCUT2D eigenvalue weighted by atomic mass is 19.1. The Morgan fingerprint density at radius 1 is 1.00 bits per heavy atom. The van der Waals surface area contributed by atoms with Crippen molar-refractivity contribution in [3.05, 3.63) is 30.1 Å². The van der Waals surface area contributed by atoms with Crippen LogP contribution < -0.4 is 15.5 Å². The molecule has 3 rings (SSSR count). The fourth-order valence-electron chi connectivity index (χ4n) is 2.25. The first kappa shape index (κ1) is 13.5. The van der Waals surface area contributed by atoms with E-state index < -0.39 is 0 Å². The molecule has 1 aromatic carbocycles. The van der Waals surface area contributed by atoms with Crippen molar-refractivity contribution in [2.24, 2.45) is 0 Å². The smallest absolute Gasteiger partial charge is 0.233 e. The highest BCUT2D eigenvalue weighted by Crippen LogP contribution is 2.20.